The zero-order chi connectivity index (χ0) is 14.2. The van der Waals surface area contributed by atoms with Crippen LogP contribution in [0, 0.1) is 12.7 Å². The van der Waals surface area contributed by atoms with Gasteiger partial charge in [-0.1, -0.05) is 53.9 Å². The third-order valence-electron chi connectivity index (χ3n) is 2.91. The highest BCUT2D eigenvalue weighted by Crippen LogP contribution is 2.33. The first-order chi connectivity index (χ1) is 8.90. The molecule has 0 aliphatic heterocycles. The molecule has 0 saturated heterocycles. The van der Waals surface area contributed by atoms with Crippen LogP contribution in [-0.4, -0.2) is 0 Å². The lowest BCUT2D eigenvalue weighted by Crippen LogP contribution is -2.14. The molecule has 2 rings (SSSR count). The molecule has 1 nitrogen and oxygen atoms in total. The lowest BCUT2D eigenvalue weighted by atomic mass is 9.98. The Morgan fingerprint density at radius 3 is 2.32 bits per heavy atom. The number of rotatable bonds is 2. The van der Waals surface area contributed by atoms with Crippen LogP contribution in [0.25, 0.3) is 0 Å². The van der Waals surface area contributed by atoms with Crippen molar-refractivity contribution in [1.29, 1.82) is 0 Å². The molecule has 0 saturated carbocycles. The average Bonchev–Trinajstić information content (AvgIpc) is 2.33. The fraction of sp³-hybridized carbons (Fsp3) is 0.143. The fourth-order valence-corrected chi connectivity index (χ4v) is 3.22. The van der Waals surface area contributed by atoms with Crippen LogP contribution >= 0.6 is 47.8 Å². The maximum atomic E-state index is 14.0. The second-order valence-electron chi connectivity index (χ2n) is 4.27. The molecule has 100 valence electrons. The molecule has 1 atom stereocenters. The second-order valence-corrected chi connectivity index (χ2v) is 6.89. The molecule has 2 N–H and O–H groups in total. The topological polar surface area (TPSA) is 26.0 Å². The average molecular weight is 452 g/mol. The molecule has 0 radical (unpaired) electrons. The molecule has 0 fully saturated rings. The van der Waals surface area contributed by atoms with Crippen LogP contribution < -0.4 is 5.73 Å². The summed E-state index contributed by atoms with van der Waals surface area (Å²) in [5, 5.41) is 0. The molecule has 0 aliphatic carbocycles. The van der Waals surface area contributed by atoms with Gasteiger partial charge in [-0.2, -0.15) is 0 Å². The van der Waals surface area contributed by atoms with Crippen LogP contribution in [-0.2, 0) is 0 Å². The Morgan fingerprint density at radius 2 is 1.68 bits per heavy atom. The zero-order valence-electron chi connectivity index (χ0n) is 10.1. The van der Waals surface area contributed by atoms with E-state index >= 15 is 0 Å². The number of nitrogens with two attached hydrogens (primary N) is 1. The number of halogens is 4. The van der Waals surface area contributed by atoms with Crippen molar-refractivity contribution in [2.75, 3.05) is 0 Å². The van der Waals surface area contributed by atoms with Gasteiger partial charge in [0.05, 0.1) is 6.04 Å². The number of hydrogen-bond donors (Lipinski definition) is 1. The van der Waals surface area contributed by atoms with E-state index in [1.54, 1.807) is 12.1 Å². The van der Waals surface area contributed by atoms with Crippen molar-refractivity contribution in [2.24, 2.45) is 5.73 Å². The Balaban J connectivity index is 2.49. The van der Waals surface area contributed by atoms with Crippen molar-refractivity contribution in [1.82, 2.24) is 0 Å². The molecule has 0 bridgehead atoms. The van der Waals surface area contributed by atoms with E-state index in [4.69, 9.17) is 5.73 Å². The summed E-state index contributed by atoms with van der Waals surface area (Å²) < 4.78 is 16.5. The normalized spacial score (nSPS) is 12.5. The summed E-state index contributed by atoms with van der Waals surface area (Å²) >= 11 is 10.2. The van der Waals surface area contributed by atoms with E-state index in [0.717, 1.165) is 20.1 Å². The van der Waals surface area contributed by atoms with Gasteiger partial charge in [-0.3, -0.25) is 0 Å². The third-order valence-corrected chi connectivity index (χ3v) is 4.94. The summed E-state index contributed by atoms with van der Waals surface area (Å²) in [6, 6.07) is 8.28. The monoisotopic (exact) mass is 449 g/mol. The van der Waals surface area contributed by atoms with E-state index in [0.29, 0.717) is 10.0 Å². The SMILES string of the molecule is Cc1cc(Br)c(C(N)c2ccc(Br)cc2F)cc1Br. The summed E-state index contributed by atoms with van der Waals surface area (Å²) in [6.07, 6.45) is 0. The van der Waals surface area contributed by atoms with Crippen molar-refractivity contribution in [3.63, 3.8) is 0 Å². The van der Waals surface area contributed by atoms with Gasteiger partial charge in [0.15, 0.2) is 0 Å². The van der Waals surface area contributed by atoms with E-state index in [9.17, 15) is 4.39 Å². The Labute approximate surface area is 136 Å². The summed E-state index contributed by atoms with van der Waals surface area (Å²) in [6.45, 7) is 1.99. The molecule has 0 heterocycles. The molecule has 0 aromatic heterocycles. The Morgan fingerprint density at radius 1 is 1.00 bits per heavy atom. The summed E-state index contributed by atoms with van der Waals surface area (Å²) in [7, 11) is 0. The largest absolute Gasteiger partial charge is 0.320 e. The standard InChI is InChI=1S/C14H11Br3FN/c1-7-4-12(17)10(6-11(7)16)14(19)9-3-2-8(15)5-13(9)18/h2-6,14H,19H2,1H3. The van der Waals surface area contributed by atoms with Crippen LogP contribution in [0.15, 0.2) is 43.7 Å². The molecule has 5 heteroatoms. The molecule has 1 unspecified atom stereocenters. The first-order valence-electron chi connectivity index (χ1n) is 5.56. The molecule has 19 heavy (non-hydrogen) atoms. The van der Waals surface area contributed by atoms with Crippen LogP contribution in [0.2, 0.25) is 0 Å². The smallest absolute Gasteiger partial charge is 0.129 e. The van der Waals surface area contributed by atoms with Crippen LogP contribution in [0.5, 0.6) is 0 Å². The predicted octanol–water partition coefficient (Wildman–Crippen LogP) is 5.47. The molecule has 0 spiro atoms. The van der Waals surface area contributed by atoms with E-state index < -0.39 is 6.04 Å². The fourth-order valence-electron chi connectivity index (χ4n) is 1.82. The highest BCUT2D eigenvalue weighted by atomic mass is 79.9. The van der Waals surface area contributed by atoms with Crippen molar-refractivity contribution in [3.05, 3.63) is 66.3 Å². The lowest BCUT2D eigenvalue weighted by molar-refractivity contribution is 0.598. The molecule has 0 aliphatic rings. The van der Waals surface area contributed by atoms with Gasteiger partial charge in [0.25, 0.3) is 0 Å². The minimum atomic E-state index is -0.514. The first kappa shape index (κ1) is 15.2. The number of hydrogen-bond acceptors (Lipinski definition) is 1. The minimum absolute atomic E-state index is 0.314. The van der Waals surface area contributed by atoms with Crippen LogP contribution in [0.3, 0.4) is 0 Å². The molecule has 2 aromatic carbocycles. The Hall–Kier alpha value is -0.230. The van der Waals surface area contributed by atoms with Gasteiger partial charge in [-0.05, 0) is 42.3 Å². The summed E-state index contributed by atoms with van der Waals surface area (Å²) in [4.78, 5) is 0. The van der Waals surface area contributed by atoms with E-state index in [-0.39, 0.29) is 5.82 Å². The van der Waals surface area contributed by atoms with E-state index in [2.05, 4.69) is 47.8 Å². The molecular formula is C14H11Br3FN. The maximum absolute atomic E-state index is 14.0. The van der Waals surface area contributed by atoms with Crippen LogP contribution in [0.1, 0.15) is 22.7 Å². The quantitative estimate of drug-likeness (QED) is 0.643. The lowest BCUT2D eigenvalue weighted by Gasteiger charge is -2.17. The van der Waals surface area contributed by atoms with Gasteiger partial charge in [0, 0.05) is 19.0 Å². The zero-order valence-corrected chi connectivity index (χ0v) is 14.8. The Kier molecular flexibility index (Phi) is 4.82. The second kappa shape index (κ2) is 6.04. The predicted molar refractivity (Wildman–Crippen MR) is 86.7 cm³/mol. The van der Waals surface area contributed by atoms with Gasteiger partial charge < -0.3 is 5.73 Å². The molecule has 2 aromatic rings. The van der Waals surface area contributed by atoms with Gasteiger partial charge >= 0.3 is 0 Å². The minimum Gasteiger partial charge on any atom is -0.320 e. The van der Waals surface area contributed by atoms with Crippen molar-refractivity contribution in [3.8, 4) is 0 Å². The Bertz CT molecular complexity index is 628. The highest BCUT2D eigenvalue weighted by molar-refractivity contribution is 9.11. The maximum Gasteiger partial charge on any atom is 0.129 e. The molecular weight excluding hydrogens is 441 g/mol. The van der Waals surface area contributed by atoms with Gasteiger partial charge in [-0.15, -0.1) is 0 Å². The third kappa shape index (κ3) is 3.27. The van der Waals surface area contributed by atoms with E-state index in [1.807, 2.05) is 19.1 Å². The van der Waals surface area contributed by atoms with E-state index in [1.165, 1.54) is 6.07 Å². The summed E-state index contributed by atoms with van der Waals surface area (Å²) in [5.41, 5.74) is 8.60. The van der Waals surface area contributed by atoms with Gasteiger partial charge in [0.2, 0.25) is 0 Å². The van der Waals surface area contributed by atoms with Crippen molar-refractivity contribution >= 4 is 47.8 Å². The van der Waals surface area contributed by atoms with Crippen molar-refractivity contribution in [2.45, 2.75) is 13.0 Å². The number of aryl methyl sites for hydroxylation is 1. The van der Waals surface area contributed by atoms with Gasteiger partial charge in [0.1, 0.15) is 5.82 Å². The highest BCUT2D eigenvalue weighted by Gasteiger charge is 2.17. The first-order valence-corrected chi connectivity index (χ1v) is 7.94. The summed E-state index contributed by atoms with van der Waals surface area (Å²) in [5.74, 6) is -0.314. The van der Waals surface area contributed by atoms with Crippen LogP contribution in [0.4, 0.5) is 4.39 Å². The number of benzene rings is 2. The molecule has 0 amide bonds. The van der Waals surface area contributed by atoms with Crippen molar-refractivity contribution < 1.29 is 4.39 Å². The van der Waals surface area contributed by atoms with Gasteiger partial charge in [-0.25, -0.2) is 4.39 Å².